The first-order valence-electron chi connectivity index (χ1n) is 8.47. The molecule has 0 aliphatic carbocycles. The summed E-state index contributed by atoms with van der Waals surface area (Å²) < 4.78 is 6.90. The molecule has 0 fully saturated rings. The van der Waals surface area contributed by atoms with E-state index in [0.717, 1.165) is 11.1 Å². The summed E-state index contributed by atoms with van der Waals surface area (Å²) in [6.45, 7) is 2.35. The SMILES string of the molecule is CCn1nc(-c2ccccc2)c2c(C=Cc3ccccc3)onc2c1=O. The summed E-state index contributed by atoms with van der Waals surface area (Å²) in [5, 5.41) is 9.21. The number of hydrogen-bond acceptors (Lipinski definition) is 4. The first-order chi connectivity index (χ1) is 12.8. The molecular formula is C21H17N3O2. The Morgan fingerprint density at radius 1 is 1.00 bits per heavy atom. The minimum absolute atomic E-state index is 0.245. The molecule has 0 saturated carbocycles. The monoisotopic (exact) mass is 343 g/mol. The lowest BCUT2D eigenvalue weighted by Crippen LogP contribution is -2.23. The van der Waals surface area contributed by atoms with Gasteiger partial charge < -0.3 is 4.52 Å². The first-order valence-corrected chi connectivity index (χ1v) is 8.47. The third kappa shape index (κ3) is 2.84. The lowest BCUT2D eigenvalue weighted by molar-refractivity contribution is 0.420. The summed E-state index contributed by atoms with van der Waals surface area (Å²) in [6, 6.07) is 19.6. The number of rotatable bonds is 4. The number of aromatic nitrogens is 3. The minimum Gasteiger partial charge on any atom is -0.355 e. The molecule has 128 valence electrons. The molecule has 26 heavy (non-hydrogen) atoms. The number of aryl methyl sites for hydroxylation is 1. The molecule has 0 aliphatic rings. The second-order valence-electron chi connectivity index (χ2n) is 5.85. The Morgan fingerprint density at radius 2 is 1.69 bits per heavy atom. The van der Waals surface area contributed by atoms with Gasteiger partial charge in [-0.3, -0.25) is 4.79 Å². The highest BCUT2D eigenvalue weighted by atomic mass is 16.5. The quantitative estimate of drug-likeness (QED) is 0.556. The van der Waals surface area contributed by atoms with Crippen molar-refractivity contribution in [2.24, 2.45) is 0 Å². The van der Waals surface area contributed by atoms with Gasteiger partial charge in [-0.05, 0) is 18.6 Å². The molecule has 0 spiro atoms. The fourth-order valence-corrected chi connectivity index (χ4v) is 2.88. The maximum atomic E-state index is 12.6. The van der Waals surface area contributed by atoms with Crippen molar-refractivity contribution < 1.29 is 4.52 Å². The molecule has 2 heterocycles. The third-order valence-corrected chi connectivity index (χ3v) is 4.19. The Kier molecular flexibility index (Phi) is 4.19. The molecule has 2 aromatic carbocycles. The Balaban J connectivity index is 1.94. The fraction of sp³-hybridized carbons (Fsp3) is 0.0952. The van der Waals surface area contributed by atoms with E-state index in [9.17, 15) is 4.79 Å². The average Bonchev–Trinajstić information content (AvgIpc) is 3.13. The van der Waals surface area contributed by atoms with Gasteiger partial charge in [-0.2, -0.15) is 5.10 Å². The molecule has 4 rings (SSSR count). The summed E-state index contributed by atoms with van der Waals surface area (Å²) in [5.74, 6) is 0.524. The van der Waals surface area contributed by atoms with Crippen molar-refractivity contribution in [2.75, 3.05) is 0 Å². The molecule has 2 aromatic heterocycles. The predicted molar refractivity (Wildman–Crippen MR) is 103 cm³/mol. The van der Waals surface area contributed by atoms with Gasteiger partial charge in [-0.25, -0.2) is 4.68 Å². The molecule has 0 saturated heterocycles. The van der Waals surface area contributed by atoms with Crippen LogP contribution in [0.25, 0.3) is 34.3 Å². The molecule has 0 aliphatic heterocycles. The van der Waals surface area contributed by atoms with Crippen LogP contribution in [-0.2, 0) is 6.54 Å². The van der Waals surface area contributed by atoms with E-state index < -0.39 is 0 Å². The summed E-state index contributed by atoms with van der Waals surface area (Å²) in [5.41, 5.74) is 2.69. The van der Waals surface area contributed by atoms with Gasteiger partial charge in [-0.15, -0.1) is 0 Å². The van der Waals surface area contributed by atoms with Crippen molar-refractivity contribution in [3.8, 4) is 11.3 Å². The van der Waals surface area contributed by atoms with Gasteiger partial charge in [0.15, 0.2) is 11.3 Å². The second-order valence-corrected chi connectivity index (χ2v) is 5.85. The van der Waals surface area contributed by atoms with Crippen LogP contribution in [0.4, 0.5) is 0 Å². The summed E-state index contributed by atoms with van der Waals surface area (Å²) in [4.78, 5) is 12.6. The molecular weight excluding hydrogens is 326 g/mol. The zero-order valence-electron chi connectivity index (χ0n) is 14.3. The third-order valence-electron chi connectivity index (χ3n) is 4.19. The maximum absolute atomic E-state index is 12.6. The Morgan fingerprint density at radius 3 is 2.38 bits per heavy atom. The van der Waals surface area contributed by atoms with E-state index in [1.54, 1.807) is 0 Å². The number of benzene rings is 2. The molecule has 5 nitrogen and oxygen atoms in total. The van der Waals surface area contributed by atoms with Gasteiger partial charge in [-0.1, -0.05) is 71.9 Å². The largest absolute Gasteiger partial charge is 0.355 e. The first kappa shape index (κ1) is 16.0. The second kappa shape index (κ2) is 6.80. The van der Waals surface area contributed by atoms with Gasteiger partial charge in [0.05, 0.1) is 5.39 Å². The van der Waals surface area contributed by atoms with Crippen LogP contribution < -0.4 is 5.56 Å². The van der Waals surface area contributed by atoms with Gasteiger partial charge in [0.25, 0.3) is 5.56 Å². The smallest absolute Gasteiger partial charge is 0.296 e. The van der Waals surface area contributed by atoms with E-state index >= 15 is 0 Å². The van der Waals surface area contributed by atoms with E-state index in [0.29, 0.717) is 28.9 Å². The van der Waals surface area contributed by atoms with Crippen molar-refractivity contribution in [1.29, 1.82) is 0 Å². The van der Waals surface area contributed by atoms with Crippen LogP contribution >= 0.6 is 0 Å². The van der Waals surface area contributed by atoms with Crippen LogP contribution in [0.15, 0.2) is 70.0 Å². The Labute approximate surface area is 150 Å². The van der Waals surface area contributed by atoms with E-state index in [4.69, 9.17) is 4.52 Å². The van der Waals surface area contributed by atoms with Gasteiger partial charge >= 0.3 is 0 Å². The number of fused-ring (bicyclic) bond motifs is 1. The van der Waals surface area contributed by atoms with Crippen LogP contribution in [0.1, 0.15) is 18.2 Å². The highest BCUT2D eigenvalue weighted by molar-refractivity contribution is 5.97. The van der Waals surface area contributed by atoms with Crippen LogP contribution in [0, 0.1) is 0 Å². The number of hydrogen-bond donors (Lipinski definition) is 0. The van der Waals surface area contributed by atoms with Crippen LogP contribution in [-0.4, -0.2) is 14.9 Å². The van der Waals surface area contributed by atoms with E-state index in [-0.39, 0.29) is 5.56 Å². The number of nitrogens with zero attached hydrogens (tertiary/aromatic N) is 3. The average molecular weight is 343 g/mol. The minimum atomic E-state index is -0.245. The van der Waals surface area contributed by atoms with E-state index in [1.165, 1.54) is 4.68 Å². The molecule has 0 N–H and O–H groups in total. The highest BCUT2D eigenvalue weighted by Crippen LogP contribution is 2.28. The fourth-order valence-electron chi connectivity index (χ4n) is 2.88. The van der Waals surface area contributed by atoms with E-state index in [2.05, 4.69) is 10.3 Å². The zero-order chi connectivity index (χ0) is 17.9. The lowest BCUT2D eigenvalue weighted by Gasteiger charge is -2.06. The molecule has 4 aromatic rings. The lowest BCUT2D eigenvalue weighted by atomic mass is 10.1. The van der Waals surface area contributed by atoms with Crippen molar-refractivity contribution in [3.63, 3.8) is 0 Å². The van der Waals surface area contributed by atoms with Crippen LogP contribution in [0.2, 0.25) is 0 Å². The topological polar surface area (TPSA) is 60.9 Å². The predicted octanol–water partition coefficient (Wildman–Crippen LogP) is 4.24. The van der Waals surface area contributed by atoms with Crippen molar-refractivity contribution in [2.45, 2.75) is 13.5 Å². The normalized spacial score (nSPS) is 11.4. The molecule has 0 atom stereocenters. The van der Waals surface area contributed by atoms with Crippen molar-refractivity contribution in [1.82, 2.24) is 14.9 Å². The van der Waals surface area contributed by atoms with E-state index in [1.807, 2.05) is 79.7 Å². The molecule has 0 radical (unpaired) electrons. The maximum Gasteiger partial charge on any atom is 0.296 e. The highest BCUT2D eigenvalue weighted by Gasteiger charge is 2.19. The van der Waals surface area contributed by atoms with Gasteiger partial charge in [0, 0.05) is 12.1 Å². The summed E-state index contributed by atoms with van der Waals surface area (Å²) in [7, 11) is 0. The van der Waals surface area contributed by atoms with Crippen molar-refractivity contribution >= 4 is 23.1 Å². The molecule has 0 bridgehead atoms. The molecule has 0 unspecified atom stereocenters. The van der Waals surface area contributed by atoms with Gasteiger partial charge in [0.2, 0.25) is 0 Å². The standard InChI is InChI=1S/C21H17N3O2/c1-2-24-21(25)20-18(19(22-24)16-11-7-4-8-12-16)17(26-23-20)14-13-15-9-5-3-6-10-15/h3-14H,2H2,1H3. The Bertz CT molecular complexity index is 1130. The summed E-state index contributed by atoms with van der Waals surface area (Å²) >= 11 is 0. The molecule has 0 amide bonds. The Hall–Kier alpha value is -3.47. The summed E-state index contributed by atoms with van der Waals surface area (Å²) in [6.07, 6.45) is 3.76. The van der Waals surface area contributed by atoms with Crippen LogP contribution in [0.5, 0.6) is 0 Å². The zero-order valence-corrected chi connectivity index (χ0v) is 14.3. The molecule has 5 heteroatoms. The van der Waals surface area contributed by atoms with Gasteiger partial charge in [0.1, 0.15) is 5.69 Å². The van der Waals surface area contributed by atoms with Crippen LogP contribution in [0.3, 0.4) is 0 Å². The van der Waals surface area contributed by atoms with Crippen molar-refractivity contribution in [3.05, 3.63) is 82.3 Å².